The highest BCUT2D eigenvalue weighted by Crippen LogP contribution is 2.36. The number of halogens is 3. The van der Waals surface area contributed by atoms with Gasteiger partial charge in [0, 0.05) is 79.1 Å². The molecule has 0 bridgehead atoms. The van der Waals surface area contributed by atoms with E-state index in [2.05, 4.69) is 10.2 Å². The molecular weight excluding hydrogens is 517 g/mol. The summed E-state index contributed by atoms with van der Waals surface area (Å²) < 4.78 is 50.1. The molecule has 2 aromatic heterocycles. The molecule has 1 amide bonds. The molecule has 0 radical (unpaired) electrons. The van der Waals surface area contributed by atoms with Gasteiger partial charge in [-0.25, -0.2) is 0 Å². The molecule has 5 aromatic rings. The Morgan fingerprint density at radius 3 is 2.48 bits per heavy atom. The van der Waals surface area contributed by atoms with Crippen LogP contribution in [0.25, 0.3) is 33.2 Å². The molecule has 3 aromatic carbocycles. The van der Waals surface area contributed by atoms with E-state index in [1.807, 2.05) is 66.2 Å². The number of carbonyl (C=O) groups is 1. The zero-order chi connectivity index (χ0) is 28.0. The summed E-state index contributed by atoms with van der Waals surface area (Å²) in [6.45, 7) is 3.28. The van der Waals surface area contributed by atoms with Crippen molar-refractivity contribution in [2.75, 3.05) is 38.5 Å². The summed E-state index contributed by atoms with van der Waals surface area (Å²) in [5.41, 5.74) is 2.41. The predicted octanol–water partition coefficient (Wildman–Crippen LogP) is 6.61. The van der Waals surface area contributed by atoms with Gasteiger partial charge in [0.15, 0.2) is 0 Å². The molecule has 6 nitrogen and oxygen atoms in total. The Labute approximate surface area is 229 Å². The lowest BCUT2D eigenvalue weighted by molar-refractivity contribution is -0.138. The number of hydrogen-bond donors (Lipinski definition) is 1. The standard InChI is InChI=1S/C31H29F3N4O2/c1-36-11-13-38(14-12-36)18-22-7-9-23(17-26(22)31(32,33)34)35-30(39)21-8-10-27-24(15-21)25(19-37(27)2)29-16-20-5-3-4-6-28(20)40-29/h3-10,15-17,19H,11-14,18H2,1-2H3,(H,35,39). The zero-order valence-electron chi connectivity index (χ0n) is 22.3. The van der Waals surface area contributed by atoms with Crippen molar-refractivity contribution in [1.29, 1.82) is 0 Å². The molecule has 1 aliphatic rings. The Bertz CT molecular complexity index is 1680. The minimum Gasteiger partial charge on any atom is -0.456 e. The molecule has 6 rings (SSSR count). The molecule has 1 saturated heterocycles. The highest BCUT2D eigenvalue weighted by Gasteiger charge is 2.34. The zero-order valence-corrected chi connectivity index (χ0v) is 22.3. The fourth-order valence-electron chi connectivity index (χ4n) is 5.35. The Kier molecular flexibility index (Phi) is 6.64. The quantitative estimate of drug-likeness (QED) is 0.270. The Morgan fingerprint density at radius 2 is 1.73 bits per heavy atom. The van der Waals surface area contributed by atoms with E-state index in [1.54, 1.807) is 18.2 Å². The number of aryl methyl sites for hydroxylation is 1. The van der Waals surface area contributed by atoms with Crippen molar-refractivity contribution in [2.45, 2.75) is 12.7 Å². The number of carbonyl (C=O) groups excluding carboxylic acids is 1. The van der Waals surface area contributed by atoms with Crippen molar-refractivity contribution in [2.24, 2.45) is 7.05 Å². The number of piperazine rings is 1. The average molecular weight is 547 g/mol. The number of alkyl halides is 3. The molecular formula is C31H29F3N4O2. The molecule has 3 heterocycles. The first kappa shape index (κ1) is 26.2. The van der Waals surface area contributed by atoms with E-state index in [9.17, 15) is 18.0 Å². The maximum Gasteiger partial charge on any atom is 0.416 e. The SMILES string of the molecule is CN1CCN(Cc2ccc(NC(=O)c3ccc4c(c3)c(-c3cc5ccccc5o3)cn4C)cc2C(F)(F)F)CC1. The van der Waals surface area contributed by atoms with Crippen LogP contribution in [0.1, 0.15) is 21.5 Å². The van der Waals surface area contributed by atoms with E-state index in [1.165, 1.54) is 6.07 Å². The van der Waals surface area contributed by atoms with E-state index in [4.69, 9.17) is 4.42 Å². The van der Waals surface area contributed by atoms with Gasteiger partial charge in [0.2, 0.25) is 0 Å². The van der Waals surface area contributed by atoms with Gasteiger partial charge in [-0.2, -0.15) is 13.2 Å². The minimum atomic E-state index is -4.53. The Balaban J connectivity index is 1.27. The fourth-order valence-corrected chi connectivity index (χ4v) is 5.35. The molecule has 0 atom stereocenters. The molecule has 0 spiro atoms. The minimum absolute atomic E-state index is 0.102. The first-order valence-corrected chi connectivity index (χ1v) is 13.2. The summed E-state index contributed by atoms with van der Waals surface area (Å²) in [4.78, 5) is 17.4. The number of benzene rings is 3. The summed E-state index contributed by atoms with van der Waals surface area (Å²) in [5, 5.41) is 4.46. The second kappa shape index (κ2) is 10.1. The van der Waals surface area contributed by atoms with Crippen LogP contribution in [0.3, 0.4) is 0 Å². The Morgan fingerprint density at radius 1 is 0.950 bits per heavy atom. The van der Waals surface area contributed by atoms with Crippen molar-refractivity contribution >= 4 is 33.5 Å². The highest BCUT2D eigenvalue weighted by atomic mass is 19.4. The maximum atomic E-state index is 14.0. The van der Waals surface area contributed by atoms with E-state index in [-0.39, 0.29) is 17.8 Å². The number of amides is 1. The second-order valence-corrected chi connectivity index (χ2v) is 10.4. The number of para-hydroxylation sites is 1. The number of likely N-dealkylation sites (N-methyl/N-ethyl adjacent to an activating group) is 1. The van der Waals surface area contributed by atoms with Crippen LogP contribution in [-0.2, 0) is 19.8 Å². The number of rotatable bonds is 5. The number of nitrogens with zero attached hydrogens (tertiary/aromatic N) is 3. The van der Waals surface area contributed by atoms with Crippen molar-refractivity contribution < 1.29 is 22.4 Å². The summed E-state index contributed by atoms with van der Waals surface area (Å²) in [6.07, 6.45) is -2.59. The largest absolute Gasteiger partial charge is 0.456 e. The van der Waals surface area contributed by atoms with Crippen molar-refractivity contribution in [3.63, 3.8) is 0 Å². The molecule has 1 N–H and O–H groups in total. The first-order valence-electron chi connectivity index (χ1n) is 13.2. The van der Waals surface area contributed by atoms with Crippen LogP contribution in [0.2, 0.25) is 0 Å². The van der Waals surface area contributed by atoms with Crippen LogP contribution in [0, 0.1) is 0 Å². The van der Waals surface area contributed by atoms with Crippen molar-refractivity contribution in [1.82, 2.24) is 14.4 Å². The van der Waals surface area contributed by atoms with Gasteiger partial charge in [0.25, 0.3) is 5.91 Å². The monoisotopic (exact) mass is 546 g/mol. The lowest BCUT2D eigenvalue weighted by atomic mass is 10.0. The van der Waals surface area contributed by atoms with Crippen LogP contribution < -0.4 is 5.32 Å². The van der Waals surface area contributed by atoms with E-state index in [0.717, 1.165) is 46.6 Å². The molecule has 1 fully saturated rings. The predicted molar refractivity (Wildman–Crippen MR) is 150 cm³/mol. The van der Waals surface area contributed by atoms with Gasteiger partial charge < -0.3 is 19.2 Å². The molecule has 0 unspecified atom stereocenters. The molecule has 0 saturated carbocycles. The van der Waals surface area contributed by atoms with Crippen LogP contribution in [0.5, 0.6) is 0 Å². The van der Waals surface area contributed by atoms with Gasteiger partial charge in [-0.05, 0) is 55.1 Å². The number of fused-ring (bicyclic) bond motifs is 2. The van der Waals surface area contributed by atoms with Crippen LogP contribution in [0.4, 0.5) is 18.9 Å². The lowest BCUT2D eigenvalue weighted by Crippen LogP contribution is -2.44. The van der Waals surface area contributed by atoms with Gasteiger partial charge >= 0.3 is 6.18 Å². The normalized spacial score (nSPS) is 15.2. The van der Waals surface area contributed by atoms with Gasteiger partial charge in [0.05, 0.1) is 5.56 Å². The average Bonchev–Trinajstić information content (AvgIpc) is 3.51. The summed E-state index contributed by atoms with van der Waals surface area (Å²) in [6, 6.07) is 19.0. The molecule has 206 valence electrons. The number of nitrogens with one attached hydrogen (secondary N) is 1. The van der Waals surface area contributed by atoms with E-state index < -0.39 is 17.6 Å². The fraction of sp³-hybridized carbons (Fsp3) is 0.258. The molecule has 1 aliphatic heterocycles. The van der Waals surface area contributed by atoms with Gasteiger partial charge in [-0.15, -0.1) is 0 Å². The van der Waals surface area contributed by atoms with Gasteiger partial charge in [0.1, 0.15) is 11.3 Å². The van der Waals surface area contributed by atoms with Crippen molar-refractivity contribution in [3.05, 3.63) is 89.6 Å². The number of anilines is 1. The van der Waals surface area contributed by atoms with Crippen molar-refractivity contribution in [3.8, 4) is 11.3 Å². The van der Waals surface area contributed by atoms with E-state index >= 15 is 0 Å². The van der Waals surface area contributed by atoms with E-state index in [0.29, 0.717) is 24.4 Å². The smallest absolute Gasteiger partial charge is 0.416 e. The van der Waals surface area contributed by atoms with Gasteiger partial charge in [-0.1, -0.05) is 24.3 Å². The number of furan rings is 1. The Hall–Kier alpha value is -4.08. The molecule has 0 aliphatic carbocycles. The maximum absolute atomic E-state index is 14.0. The lowest BCUT2D eigenvalue weighted by Gasteiger charge is -2.33. The summed E-state index contributed by atoms with van der Waals surface area (Å²) >= 11 is 0. The highest BCUT2D eigenvalue weighted by molar-refractivity contribution is 6.08. The third-order valence-corrected chi connectivity index (χ3v) is 7.61. The summed E-state index contributed by atoms with van der Waals surface area (Å²) in [7, 11) is 3.92. The first-order chi connectivity index (χ1) is 19.2. The van der Waals surface area contributed by atoms with Crippen LogP contribution >= 0.6 is 0 Å². The summed E-state index contributed by atoms with van der Waals surface area (Å²) in [5.74, 6) is 0.191. The molecule has 9 heteroatoms. The van der Waals surface area contributed by atoms with Crippen LogP contribution in [0.15, 0.2) is 77.3 Å². The van der Waals surface area contributed by atoms with Gasteiger partial charge in [-0.3, -0.25) is 9.69 Å². The second-order valence-electron chi connectivity index (χ2n) is 10.4. The van der Waals surface area contributed by atoms with Crippen LogP contribution in [-0.4, -0.2) is 53.5 Å². The third kappa shape index (κ3) is 5.10. The third-order valence-electron chi connectivity index (χ3n) is 7.61. The topological polar surface area (TPSA) is 53.6 Å². The number of hydrogen-bond acceptors (Lipinski definition) is 4. The molecule has 40 heavy (non-hydrogen) atoms. The number of aromatic nitrogens is 1.